The molecule has 2 aliphatic carbocycles. The maximum atomic E-state index is 2.56. The predicted octanol–water partition coefficient (Wildman–Crippen LogP) is 14.0. The first-order chi connectivity index (χ1) is 25.6. The third-order valence-electron chi connectivity index (χ3n) is 12.2. The van der Waals surface area contributed by atoms with Gasteiger partial charge in [0.25, 0.3) is 0 Å². The molecule has 0 saturated heterocycles. The van der Waals surface area contributed by atoms with E-state index in [1.54, 1.807) is 0 Å². The summed E-state index contributed by atoms with van der Waals surface area (Å²) in [4.78, 5) is 0. The molecule has 7 aromatic carbocycles. The molecule has 260 valence electrons. The van der Waals surface area contributed by atoms with Crippen LogP contribution in [-0.2, 0) is 16.2 Å². The van der Waals surface area contributed by atoms with Crippen molar-refractivity contribution in [2.75, 3.05) is 0 Å². The Labute approximate surface area is 315 Å². The lowest BCUT2D eigenvalue weighted by Gasteiger charge is -2.47. The molecule has 1 atom stereocenters. The van der Waals surface area contributed by atoms with Crippen molar-refractivity contribution in [1.29, 1.82) is 0 Å². The van der Waals surface area contributed by atoms with E-state index in [2.05, 4.69) is 211 Å². The molecule has 0 nitrogen and oxygen atoms in total. The summed E-state index contributed by atoms with van der Waals surface area (Å²) in [6, 6.07) is 60.2. The van der Waals surface area contributed by atoms with Crippen LogP contribution in [0.15, 0.2) is 164 Å². The number of fused-ring (bicyclic) bond motifs is 5. The first kappa shape index (κ1) is 33.4. The van der Waals surface area contributed by atoms with Gasteiger partial charge in [-0.05, 0) is 88.4 Å². The van der Waals surface area contributed by atoms with E-state index >= 15 is 0 Å². The van der Waals surface area contributed by atoms with E-state index in [1.165, 1.54) is 77.5 Å². The summed E-state index contributed by atoms with van der Waals surface area (Å²) in [6.07, 6.45) is 4.95. The van der Waals surface area contributed by atoms with E-state index in [9.17, 15) is 0 Å². The molecule has 0 heteroatoms. The highest BCUT2D eigenvalue weighted by Gasteiger charge is 2.54. The molecule has 0 aliphatic heterocycles. The molecular weight excluding hydrogens is 637 g/mol. The van der Waals surface area contributed by atoms with E-state index in [0.29, 0.717) is 0 Å². The van der Waals surface area contributed by atoms with Crippen LogP contribution in [0, 0.1) is 0 Å². The highest BCUT2D eigenvalue weighted by molar-refractivity contribution is 5.98. The minimum Gasteiger partial charge on any atom is -0.0751 e. The summed E-state index contributed by atoms with van der Waals surface area (Å²) in [5.74, 6) is 0.0842. The quantitative estimate of drug-likeness (QED) is 0.169. The van der Waals surface area contributed by atoms with Crippen molar-refractivity contribution >= 4 is 16.8 Å². The standard InChI is InChI=1S/C53H48/c1-51(2,3)39-28-30-43-44-31-29-40(52(4,5)6)34-47(44)50(46(43)33-39)53(37-20-9-7-10-21-37,38-22-11-8-12-23-38)48-32-27-36-19-16-26-45(49(36)48)42-25-15-18-35-17-13-14-24-41(35)42/h7-34,48,50H,1-6H3. The Hall–Kier alpha value is -5.46. The Bertz CT molecular complexity index is 2410. The third-order valence-corrected chi connectivity index (χ3v) is 12.2. The minimum absolute atomic E-state index is 0.00841. The van der Waals surface area contributed by atoms with Crippen LogP contribution >= 0.6 is 0 Å². The average Bonchev–Trinajstić information content (AvgIpc) is 3.75. The summed E-state index contributed by atoms with van der Waals surface area (Å²) < 4.78 is 0. The van der Waals surface area contributed by atoms with Crippen molar-refractivity contribution in [2.45, 2.75) is 69.6 Å². The summed E-state index contributed by atoms with van der Waals surface area (Å²) >= 11 is 0. The van der Waals surface area contributed by atoms with Crippen molar-refractivity contribution < 1.29 is 0 Å². The molecule has 0 amide bonds. The molecule has 0 radical (unpaired) electrons. The molecule has 0 aromatic heterocycles. The zero-order valence-corrected chi connectivity index (χ0v) is 31.8. The van der Waals surface area contributed by atoms with Gasteiger partial charge >= 0.3 is 0 Å². The zero-order chi connectivity index (χ0) is 36.5. The monoisotopic (exact) mass is 684 g/mol. The van der Waals surface area contributed by atoms with Gasteiger partial charge in [0.2, 0.25) is 0 Å². The van der Waals surface area contributed by atoms with Gasteiger partial charge in [0.15, 0.2) is 0 Å². The van der Waals surface area contributed by atoms with E-state index in [4.69, 9.17) is 0 Å². The van der Waals surface area contributed by atoms with Gasteiger partial charge in [-0.15, -0.1) is 0 Å². The molecule has 0 spiro atoms. The Kier molecular flexibility index (Phi) is 7.75. The smallest absolute Gasteiger partial charge is 0.0415 e. The topological polar surface area (TPSA) is 0 Å². The van der Waals surface area contributed by atoms with Gasteiger partial charge in [-0.1, -0.05) is 211 Å². The first-order valence-corrected chi connectivity index (χ1v) is 19.3. The highest BCUT2D eigenvalue weighted by atomic mass is 14.6. The number of allylic oxidation sites excluding steroid dienone is 1. The Balaban J connectivity index is 1.43. The summed E-state index contributed by atoms with van der Waals surface area (Å²) in [7, 11) is 0. The molecule has 0 bridgehead atoms. The van der Waals surface area contributed by atoms with Crippen molar-refractivity contribution in [3.63, 3.8) is 0 Å². The van der Waals surface area contributed by atoms with Crippen LogP contribution in [0.5, 0.6) is 0 Å². The van der Waals surface area contributed by atoms with Crippen LogP contribution in [0.2, 0.25) is 0 Å². The fourth-order valence-electron chi connectivity index (χ4n) is 9.60. The minimum atomic E-state index is -0.488. The van der Waals surface area contributed by atoms with Crippen molar-refractivity contribution in [3.8, 4) is 22.3 Å². The van der Waals surface area contributed by atoms with Crippen LogP contribution in [0.1, 0.15) is 97.9 Å². The van der Waals surface area contributed by atoms with Crippen LogP contribution in [-0.4, -0.2) is 0 Å². The van der Waals surface area contributed by atoms with Gasteiger partial charge in [-0.3, -0.25) is 0 Å². The highest BCUT2D eigenvalue weighted by Crippen LogP contribution is 2.64. The van der Waals surface area contributed by atoms with E-state index < -0.39 is 5.41 Å². The molecule has 0 saturated carbocycles. The zero-order valence-electron chi connectivity index (χ0n) is 31.8. The molecule has 2 aliphatic rings. The molecule has 1 unspecified atom stereocenters. The molecular formula is C53H48. The van der Waals surface area contributed by atoms with Gasteiger partial charge in [-0.2, -0.15) is 0 Å². The van der Waals surface area contributed by atoms with Gasteiger partial charge < -0.3 is 0 Å². The summed E-state index contributed by atoms with van der Waals surface area (Å²) in [5, 5.41) is 2.56. The molecule has 9 rings (SSSR count). The van der Waals surface area contributed by atoms with Crippen LogP contribution in [0.3, 0.4) is 0 Å². The normalized spacial score (nSPS) is 15.4. The second kappa shape index (κ2) is 12.3. The second-order valence-electron chi connectivity index (χ2n) is 17.3. The number of hydrogen-bond acceptors (Lipinski definition) is 0. The van der Waals surface area contributed by atoms with E-state index in [-0.39, 0.29) is 22.7 Å². The van der Waals surface area contributed by atoms with Crippen molar-refractivity contribution in [2.24, 2.45) is 0 Å². The Morgan fingerprint density at radius 3 is 1.51 bits per heavy atom. The van der Waals surface area contributed by atoms with Gasteiger partial charge in [0.1, 0.15) is 0 Å². The molecule has 0 fully saturated rings. The maximum Gasteiger partial charge on any atom is 0.0415 e. The Morgan fingerprint density at radius 1 is 0.415 bits per heavy atom. The Morgan fingerprint density at radius 2 is 0.925 bits per heavy atom. The third kappa shape index (κ3) is 5.26. The predicted molar refractivity (Wildman–Crippen MR) is 226 cm³/mol. The fraction of sp³-hybridized carbons (Fsp3) is 0.208. The van der Waals surface area contributed by atoms with Gasteiger partial charge in [0.05, 0.1) is 0 Å². The molecule has 0 N–H and O–H groups in total. The number of hydrogen-bond donors (Lipinski definition) is 0. The largest absolute Gasteiger partial charge is 0.0751 e. The first-order valence-electron chi connectivity index (χ1n) is 19.3. The van der Waals surface area contributed by atoms with Crippen LogP contribution in [0.4, 0.5) is 0 Å². The van der Waals surface area contributed by atoms with Gasteiger partial charge in [-0.25, -0.2) is 0 Å². The van der Waals surface area contributed by atoms with Crippen molar-refractivity contribution in [1.82, 2.24) is 0 Å². The molecule has 7 aromatic rings. The van der Waals surface area contributed by atoms with Gasteiger partial charge in [0, 0.05) is 17.3 Å². The van der Waals surface area contributed by atoms with Crippen molar-refractivity contribution in [3.05, 3.63) is 208 Å². The average molecular weight is 685 g/mol. The van der Waals surface area contributed by atoms with Crippen LogP contribution in [0.25, 0.3) is 39.1 Å². The summed E-state index contributed by atoms with van der Waals surface area (Å²) in [5.41, 5.74) is 15.9. The fourth-order valence-corrected chi connectivity index (χ4v) is 9.60. The van der Waals surface area contributed by atoms with Crippen LogP contribution < -0.4 is 0 Å². The SMILES string of the molecule is CC(C)(C)c1ccc2c(c1)C(C(c1ccccc1)(c1ccccc1)C1C=Cc3cccc(-c4cccc5ccccc45)c31)c1cc(C(C)(C)C)ccc1-2. The molecule has 53 heavy (non-hydrogen) atoms. The summed E-state index contributed by atoms with van der Waals surface area (Å²) in [6.45, 7) is 14.1. The lowest BCUT2D eigenvalue weighted by molar-refractivity contribution is 0.416. The lowest BCUT2D eigenvalue weighted by Crippen LogP contribution is -2.40. The molecule has 0 heterocycles. The van der Waals surface area contributed by atoms with E-state index in [1.807, 2.05) is 0 Å². The number of benzene rings is 7. The number of rotatable bonds is 5. The van der Waals surface area contributed by atoms with E-state index in [0.717, 1.165) is 0 Å². The second-order valence-corrected chi connectivity index (χ2v) is 17.3. The lowest BCUT2D eigenvalue weighted by atomic mass is 9.54. The maximum absolute atomic E-state index is 2.56.